The van der Waals surface area contributed by atoms with Gasteiger partial charge in [-0.05, 0) is 36.8 Å². The largest absolute Gasteiger partial charge is 0.496 e. The number of hydrogen-bond acceptors (Lipinski definition) is 5. The quantitative estimate of drug-likeness (QED) is 0.821. The molecule has 23 heavy (non-hydrogen) atoms. The third kappa shape index (κ3) is 3.62. The lowest BCUT2D eigenvalue weighted by molar-refractivity contribution is 0.186. The summed E-state index contributed by atoms with van der Waals surface area (Å²) in [5, 5.41) is 0. The van der Waals surface area contributed by atoms with Crippen molar-refractivity contribution in [2.45, 2.75) is 13.5 Å². The number of methoxy groups -OCH3 is 3. The summed E-state index contributed by atoms with van der Waals surface area (Å²) in [6.45, 7) is 2.92. The normalized spacial score (nSPS) is 10.6. The van der Waals surface area contributed by atoms with Crippen molar-refractivity contribution in [3.8, 4) is 22.8 Å². The third-order valence-electron chi connectivity index (χ3n) is 3.55. The van der Waals surface area contributed by atoms with Gasteiger partial charge >= 0.3 is 0 Å². The molecular formula is C16H20N2O4S. The van der Waals surface area contributed by atoms with E-state index in [0.29, 0.717) is 35.1 Å². The van der Waals surface area contributed by atoms with Crippen LogP contribution in [0.4, 0.5) is 0 Å². The van der Waals surface area contributed by atoms with E-state index in [0.717, 1.165) is 11.1 Å². The number of aromatic nitrogens is 2. The van der Waals surface area contributed by atoms with Gasteiger partial charge in [-0.3, -0.25) is 9.78 Å². The molecule has 0 fully saturated rings. The van der Waals surface area contributed by atoms with Crippen LogP contribution in [0.2, 0.25) is 0 Å². The number of H-pyrrole nitrogens is 1. The van der Waals surface area contributed by atoms with Crippen LogP contribution in [0.1, 0.15) is 5.56 Å². The van der Waals surface area contributed by atoms with E-state index in [-0.39, 0.29) is 5.56 Å². The predicted molar refractivity (Wildman–Crippen MR) is 91.0 cm³/mol. The van der Waals surface area contributed by atoms with Crippen molar-refractivity contribution in [1.82, 2.24) is 9.55 Å². The Balaban J connectivity index is 2.74. The molecule has 2 aromatic rings. The predicted octanol–water partition coefficient (Wildman–Crippen LogP) is 2.54. The highest BCUT2D eigenvalue weighted by Crippen LogP contribution is 2.35. The average Bonchev–Trinajstić information content (AvgIpc) is 2.53. The minimum Gasteiger partial charge on any atom is -0.496 e. The fourth-order valence-electron chi connectivity index (χ4n) is 2.40. The van der Waals surface area contributed by atoms with Crippen LogP contribution in [0.15, 0.2) is 23.0 Å². The Hall–Kier alpha value is -2.12. The Kier molecular flexibility index (Phi) is 5.57. The molecule has 124 valence electrons. The second-order valence-electron chi connectivity index (χ2n) is 4.99. The van der Waals surface area contributed by atoms with Crippen LogP contribution in [-0.2, 0) is 11.3 Å². The molecule has 0 aliphatic heterocycles. The number of hydrogen-bond donors (Lipinski definition) is 1. The Morgan fingerprint density at radius 2 is 1.83 bits per heavy atom. The summed E-state index contributed by atoms with van der Waals surface area (Å²) in [6, 6.07) is 5.22. The monoisotopic (exact) mass is 336 g/mol. The molecule has 7 heteroatoms. The lowest BCUT2D eigenvalue weighted by Crippen LogP contribution is -2.17. The molecule has 1 aromatic carbocycles. The van der Waals surface area contributed by atoms with Gasteiger partial charge in [0, 0.05) is 25.3 Å². The molecule has 0 saturated carbocycles. The lowest BCUT2D eigenvalue weighted by Gasteiger charge is -2.17. The molecule has 0 bridgehead atoms. The van der Waals surface area contributed by atoms with E-state index in [1.54, 1.807) is 21.3 Å². The fraction of sp³-hybridized carbons (Fsp3) is 0.375. The first-order chi connectivity index (χ1) is 11.0. The Bertz CT molecular complexity index is 811. The van der Waals surface area contributed by atoms with Gasteiger partial charge in [0.15, 0.2) is 4.77 Å². The van der Waals surface area contributed by atoms with Crippen LogP contribution in [0, 0.1) is 11.7 Å². The number of aryl methyl sites for hydroxylation is 1. The standard InChI is InChI=1S/C16H20N2O4S/c1-10-7-14(22-4)11(8-13(10)21-3)12-9-15(19)17-16(23)18(12)5-6-20-2/h7-9H,5-6H2,1-4H3,(H,17,19,23). The molecular weight excluding hydrogens is 316 g/mol. The fourth-order valence-corrected chi connectivity index (χ4v) is 2.69. The molecule has 0 amide bonds. The van der Waals surface area contributed by atoms with Gasteiger partial charge in [-0.25, -0.2) is 0 Å². The first-order valence-corrected chi connectivity index (χ1v) is 7.48. The third-order valence-corrected chi connectivity index (χ3v) is 3.87. The molecule has 0 spiro atoms. The minimum atomic E-state index is -0.264. The number of aromatic amines is 1. The van der Waals surface area contributed by atoms with Crippen molar-refractivity contribution in [3.63, 3.8) is 0 Å². The second kappa shape index (κ2) is 7.43. The van der Waals surface area contributed by atoms with Gasteiger partial charge in [-0.2, -0.15) is 0 Å². The van der Waals surface area contributed by atoms with Gasteiger partial charge < -0.3 is 18.8 Å². The minimum absolute atomic E-state index is 0.264. The van der Waals surface area contributed by atoms with Crippen molar-refractivity contribution < 1.29 is 14.2 Å². The van der Waals surface area contributed by atoms with E-state index >= 15 is 0 Å². The molecule has 0 aliphatic carbocycles. The maximum absolute atomic E-state index is 11.9. The van der Waals surface area contributed by atoms with Crippen molar-refractivity contribution in [1.29, 1.82) is 0 Å². The van der Waals surface area contributed by atoms with Crippen molar-refractivity contribution in [2.75, 3.05) is 27.9 Å². The smallest absolute Gasteiger partial charge is 0.252 e. The zero-order chi connectivity index (χ0) is 17.0. The van der Waals surface area contributed by atoms with Gasteiger partial charge in [-0.1, -0.05) is 0 Å². The van der Waals surface area contributed by atoms with Gasteiger partial charge in [0.1, 0.15) is 11.5 Å². The highest BCUT2D eigenvalue weighted by atomic mass is 32.1. The van der Waals surface area contributed by atoms with E-state index in [2.05, 4.69) is 4.98 Å². The topological polar surface area (TPSA) is 65.5 Å². The highest BCUT2D eigenvalue weighted by molar-refractivity contribution is 7.71. The molecule has 1 heterocycles. The van der Waals surface area contributed by atoms with Gasteiger partial charge in [-0.15, -0.1) is 0 Å². The molecule has 6 nitrogen and oxygen atoms in total. The van der Waals surface area contributed by atoms with E-state index in [1.165, 1.54) is 6.07 Å². The summed E-state index contributed by atoms with van der Waals surface area (Å²) in [4.78, 5) is 14.5. The first-order valence-electron chi connectivity index (χ1n) is 7.08. The molecule has 2 rings (SSSR count). The molecule has 1 N–H and O–H groups in total. The molecule has 1 aromatic heterocycles. The number of nitrogens with zero attached hydrogens (tertiary/aromatic N) is 1. The Morgan fingerprint density at radius 1 is 1.13 bits per heavy atom. The van der Waals surface area contributed by atoms with Crippen LogP contribution in [0.5, 0.6) is 11.5 Å². The maximum atomic E-state index is 11.9. The van der Waals surface area contributed by atoms with Crippen LogP contribution in [0.3, 0.4) is 0 Å². The van der Waals surface area contributed by atoms with Crippen molar-refractivity contribution in [3.05, 3.63) is 38.9 Å². The van der Waals surface area contributed by atoms with E-state index in [9.17, 15) is 4.79 Å². The van der Waals surface area contributed by atoms with Crippen LogP contribution in [-0.4, -0.2) is 37.5 Å². The number of ether oxygens (including phenoxy) is 3. The first kappa shape index (κ1) is 17.2. The van der Waals surface area contributed by atoms with Gasteiger partial charge in [0.05, 0.1) is 26.5 Å². The number of benzene rings is 1. The van der Waals surface area contributed by atoms with Crippen LogP contribution in [0.25, 0.3) is 11.3 Å². The molecule has 0 atom stereocenters. The molecule has 0 radical (unpaired) electrons. The van der Waals surface area contributed by atoms with Crippen LogP contribution >= 0.6 is 12.2 Å². The SMILES string of the molecule is COCCn1c(-c2cc(OC)c(C)cc2OC)cc(=O)[nH]c1=S. The lowest BCUT2D eigenvalue weighted by atomic mass is 10.1. The van der Waals surface area contributed by atoms with Crippen molar-refractivity contribution in [2.24, 2.45) is 0 Å². The number of nitrogens with one attached hydrogen (secondary N) is 1. The summed E-state index contributed by atoms with van der Waals surface area (Å²) in [7, 11) is 4.81. The Morgan fingerprint density at radius 3 is 2.43 bits per heavy atom. The highest BCUT2D eigenvalue weighted by Gasteiger charge is 2.15. The summed E-state index contributed by atoms with van der Waals surface area (Å²) in [6.07, 6.45) is 0. The molecule has 0 aliphatic rings. The molecule has 0 unspecified atom stereocenters. The molecule has 0 saturated heterocycles. The summed E-state index contributed by atoms with van der Waals surface area (Å²) >= 11 is 5.29. The maximum Gasteiger partial charge on any atom is 0.252 e. The van der Waals surface area contributed by atoms with Gasteiger partial charge in [0.25, 0.3) is 5.56 Å². The van der Waals surface area contributed by atoms with E-state index in [4.69, 9.17) is 26.4 Å². The summed E-state index contributed by atoms with van der Waals surface area (Å²) < 4.78 is 18.1. The summed E-state index contributed by atoms with van der Waals surface area (Å²) in [5.74, 6) is 1.36. The Labute approximate surface area is 139 Å². The second-order valence-corrected chi connectivity index (χ2v) is 5.38. The van der Waals surface area contributed by atoms with Crippen molar-refractivity contribution >= 4 is 12.2 Å². The average molecular weight is 336 g/mol. The van der Waals surface area contributed by atoms with E-state index in [1.807, 2.05) is 23.6 Å². The number of rotatable bonds is 6. The zero-order valence-electron chi connectivity index (χ0n) is 13.6. The van der Waals surface area contributed by atoms with E-state index < -0.39 is 0 Å². The summed E-state index contributed by atoms with van der Waals surface area (Å²) in [5.41, 5.74) is 2.08. The zero-order valence-corrected chi connectivity index (χ0v) is 14.5. The van der Waals surface area contributed by atoms with Crippen LogP contribution < -0.4 is 15.0 Å². The van der Waals surface area contributed by atoms with Gasteiger partial charge in [0.2, 0.25) is 0 Å².